The van der Waals surface area contributed by atoms with Crippen LogP contribution in [0.25, 0.3) is 0 Å². The van der Waals surface area contributed by atoms with E-state index in [1.54, 1.807) is 49.4 Å². The molecule has 0 N–H and O–H groups in total. The van der Waals surface area contributed by atoms with Crippen LogP contribution in [0.2, 0.25) is 0 Å². The lowest BCUT2D eigenvalue weighted by molar-refractivity contribution is 0.275. The number of ether oxygens (including phenoxy) is 4. The molecule has 15 nitrogen and oxygen atoms in total. The van der Waals surface area contributed by atoms with Gasteiger partial charge in [-0.2, -0.15) is 0 Å². The fraction of sp³-hybridized carbons (Fsp3) is 0.163. The summed E-state index contributed by atoms with van der Waals surface area (Å²) in [6.07, 6.45) is 14.1. The first-order valence-corrected chi connectivity index (χ1v) is 20.8. The van der Waals surface area contributed by atoms with Crippen LogP contribution in [0.1, 0.15) is 22.3 Å². The second kappa shape index (κ2) is 20.5. The predicted octanol–water partition coefficient (Wildman–Crippen LogP) is 7.94. The highest BCUT2D eigenvalue weighted by Gasteiger charge is 2.21. The van der Waals surface area contributed by atoms with Gasteiger partial charge in [0, 0.05) is 77.0 Å². The highest BCUT2D eigenvalue weighted by molar-refractivity contribution is 5.50. The fourth-order valence-electron chi connectivity index (χ4n) is 7.16. The fourth-order valence-corrected chi connectivity index (χ4v) is 7.16. The van der Waals surface area contributed by atoms with E-state index < -0.39 is 0 Å². The van der Waals surface area contributed by atoms with Crippen LogP contribution in [0.3, 0.4) is 0 Å². The van der Waals surface area contributed by atoms with Crippen LogP contribution in [0.4, 0.5) is 23.0 Å². The average Bonchev–Trinajstić information content (AvgIpc) is 3.39. The van der Waals surface area contributed by atoms with Gasteiger partial charge in [-0.15, -0.1) is 0 Å². The molecule has 4 aliphatic heterocycles. The molecule has 0 unspecified atom stereocenters. The lowest BCUT2D eigenvalue weighted by Gasteiger charge is -2.29. The van der Waals surface area contributed by atoms with Crippen LogP contribution in [-0.2, 0) is 26.2 Å². The molecule has 320 valence electrons. The van der Waals surface area contributed by atoms with Gasteiger partial charge in [-0.25, -0.2) is 29.9 Å². The first kappa shape index (κ1) is 41.0. The topological polar surface area (TPSA) is 140 Å². The number of hydrogen-bond acceptors (Lipinski definition) is 15. The van der Waals surface area contributed by atoms with Gasteiger partial charge in [0.05, 0.1) is 38.1 Å². The van der Waals surface area contributed by atoms with E-state index in [9.17, 15) is 0 Å². The zero-order chi connectivity index (χ0) is 43.2. The van der Waals surface area contributed by atoms with E-state index >= 15 is 0 Å². The van der Waals surface area contributed by atoms with E-state index in [2.05, 4.69) is 86.0 Å². The number of nitrogens with zero attached hydrogens (tertiary/aromatic N) is 11. The molecule has 0 bridgehead atoms. The van der Waals surface area contributed by atoms with Gasteiger partial charge in [-0.3, -0.25) is 4.98 Å². The summed E-state index contributed by atoms with van der Waals surface area (Å²) in [7, 11) is 0. The molecule has 0 aliphatic carbocycles. The molecule has 12 rings (SSSR count). The van der Waals surface area contributed by atoms with Crippen molar-refractivity contribution in [2.75, 3.05) is 46.5 Å². The second-order valence-corrected chi connectivity index (χ2v) is 14.7. The standard InChI is InChI=1S/2C13H12N2O.C12H11N3O.C11H10N4O/c2*1-2-6-12(7-3-1)15-9-11-5-4-8-14-13(11)16-10-15;1-3-10-8-15(9-16-12(10)14-6-1)11-4-2-5-13-7-11;1-3-9-7-15(8-16-10(9)12-4-1)11-13-5-2-6-14-11/h2*1-8H,9-10H2;1-7H,8-9H2;1-6H,7-8H2. The van der Waals surface area contributed by atoms with Crippen LogP contribution in [0.15, 0.2) is 177 Å². The SMILES string of the molecule is c1ccc(N2COc3ncccc3C2)cc1.c1ccc(N2COc3ncccc3C2)cc1.c1cnc(N2COc3ncccc3C2)nc1.c1cncc(N2COc3ncccc3C2)c1. The highest BCUT2D eigenvalue weighted by Crippen LogP contribution is 2.28. The zero-order valence-electron chi connectivity index (χ0n) is 35.0. The predicted molar refractivity (Wildman–Crippen MR) is 243 cm³/mol. The Morgan fingerprint density at radius 3 is 1.06 bits per heavy atom. The van der Waals surface area contributed by atoms with Crippen molar-refractivity contribution in [2.24, 2.45) is 0 Å². The second-order valence-electron chi connectivity index (χ2n) is 14.7. The molecular weight excluding hydrogens is 807 g/mol. The lowest BCUT2D eigenvalue weighted by Crippen LogP contribution is -2.33. The molecular formula is C49H45N11O4. The molecule has 15 heteroatoms. The Bertz CT molecular complexity index is 2320. The van der Waals surface area contributed by atoms with Crippen LogP contribution in [0, 0.1) is 0 Å². The molecule has 64 heavy (non-hydrogen) atoms. The molecule has 0 fully saturated rings. The summed E-state index contributed by atoms with van der Waals surface area (Å²) in [5.74, 6) is 3.64. The van der Waals surface area contributed by atoms with Gasteiger partial charge in [-0.05, 0) is 66.7 Å². The van der Waals surface area contributed by atoms with Gasteiger partial charge in [-0.1, -0.05) is 60.7 Å². The Morgan fingerprint density at radius 1 is 0.312 bits per heavy atom. The minimum absolute atomic E-state index is 0.439. The Labute approximate surface area is 371 Å². The molecule has 6 aromatic heterocycles. The summed E-state index contributed by atoms with van der Waals surface area (Å²) in [4.78, 5) is 37.7. The Balaban J connectivity index is 0.000000108. The van der Waals surface area contributed by atoms with Crippen molar-refractivity contribution in [1.82, 2.24) is 34.9 Å². The maximum absolute atomic E-state index is 5.61. The molecule has 0 amide bonds. The van der Waals surface area contributed by atoms with E-state index in [0.29, 0.717) is 38.8 Å². The number of aromatic nitrogens is 7. The normalized spacial score (nSPS) is 14.1. The quantitative estimate of drug-likeness (QED) is 0.169. The smallest absolute Gasteiger partial charge is 0.228 e. The van der Waals surface area contributed by atoms with E-state index in [4.69, 9.17) is 18.9 Å². The summed E-state index contributed by atoms with van der Waals surface area (Å²) in [6.45, 7) is 5.34. The van der Waals surface area contributed by atoms with Crippen molar-refractivity contribution in [1.29, 1.82) is 0 Å². The molecule has 4 aliphatic rings. The average molecular weight is 852 g/mol. The number of fused-ring (bicyclic) bond motifs is 4. The third kappa shape index (κ3) is 10.4. The van der Waals surface area contributed by atoms with Crippen molar-refractivity contribution >= 4 is 23.0 Å². The molecule has 8 aromatic rings. The van der Waals surface area contributed by atoms with Crippen molar-refractivity contribution in [2.45, 2.75) is 26.2 Å². The molecule has 2 aromatic carbocycles. The van der Waals surface area contributed by atoms with E-state index in [-0.39, 0.29) is 0 Å². The largest absolute Gasteiger partial charge is 0.456 e. The Kier molecular flexibility index (Phi) is 13.1. The van der Waals surface area contributed by atoms with Gasteiger partial charge in [0.25, 0.3) is 0 Å². The number of pyridine rings is 5. The molecule has 0 spiro atoms. The number of anilines is 4. The first-order chi connectivity index (χ1) is 31.7. The van der Waals surface area contributed by atoms with Crippen molar-refractivity contribution in [3.8, 4) is 23.5 Å². The van der Waals surface area contributed by atoms with Gasteiger partial charge < -0.3 is 38.5 Å². The van der Waals surface area contributed by atoms with Gasteiger partial charge in [0.2, 0.25) is 29.5 Å². The van der Waals surface area contributed by atoms with Crippen LogP contribution >= 0.6 is 0 Å². The number of para-hydroxylation sites is 2. The van der Waals surface area contributed by atoms with E-state index in [1.807, 2.05) is 96.0 Å². The summed E-state index contributed by atoms with van der Waals surface area (Å²) in [6, 6.07) is 42.1. The summed E-state index contributed by atoms with van der Waals surface area (Å²) in [5, 5.41) is 0. The molecule has 0 radical (unpaired) electrons. The molecule has 0 saturated carbocycles. The van der Waals surface area contributed by atoms with E-state index in [0.717, 1.165) is 71.8 Å². The minimum Gasteiger partial charge on any atom is -0.456 e. The Hall–Kier alpha value is -8.33. The van der Waals surface area contributed by atoms with Crippen LogP contribution < -0.4 is 38.5 Å². The number of rotatable bonds is 4. The van der Waals surface area contributed by atoms with Gasteiger partial charge in [0.15, 0.2) is 26.9 Å². The third-order valence-corrected chi connectivity index (χ3v) is 10.4. The van der Waals surface area contributed by atoms with Gasteiger partial charge >= 0.3 is 0 Å². The minimum atomic E-state index is 0.439. The van der Waals surface area contributed by atoms with E-state index in [1.165, 1.54) is 11.4 Å². The van der Waals surface area contributed by atoms with Crippen LogP contribution in [-0.4, -0.2) is 61.8 Å². The summed E-state index contributed by atoms with van der Waals surface area (Å²) >= 11 is 0. The molecule has 10 heterocycles. The summed E-state index contributed by atoms with van der Waals surface area (Å²) in [5.41, 5.74) is 7.86. The maximum Gasteiger partial charge on any atom is 0.228 e. The number of benzene rings is 2. The van der Waals surface area contributed by atoms with Crippen molar-refractivity contribution in [3.05, 3.63) is 199 Å². The zero-order valence-corrected chi connectivity index (χ0v) is 35.0. The van der Waals surface area contributed by atoms with Crippen molar-refractivity contribution in [3.63, 3.8) is 0 Å². The Morgan fingerprint density at radius 2 is 0.656 bits per heavy atom. The highest BCUT2D eigenvalue weighted by atomic mass is 16.5. The maximum atomic E-state index is 5.61. The third-order valence-electron chi connectivity index (χ3n) is 10.4. The monoisotopic (exact) mass is 851 g/mol. The van der Waals surface area contributed by atoms with Crippen molar-refractivity contribution < 1.29 is 18.9 Å². The molecule has 0 saturated heterocycles. The van der Waals surface area contributed by atoms with Gasteiger partial charge in [0.1, 0.15) is 0 Å². The first-order valence-electron chi connectivity index (χ1n) is 20.8. The molecule has 0 atom stereocenters. The lowest BCUT2D eigenvalue weighted by atomic mass is 10.2. The summed E-state index contributed by atoms with van der Waals surface area (Å²) < 4.78 is 22.3. The number of hydrogen-bond donors (Lipinski definition) is 0. The van der Waals surface area contributed by atoms with Crippen LogP contribution in [0.5, 0.6) is 23.5 Å².